The van der Waals surface area contributed by atoms with Crippen LogP contribution >= 0.6 is 31.9 Å². The molecule has 0 N–H and O–H groups in total. The molecule has 0 aromatic heterocycles. The topological polar surface area (TPSA) is 18.5 Å². The molecule has 0 spiro atoms. The Morgan fingerprint density at radius 2 is 1.20 bits per heavy atom. The molecular weight excluding hydrogens is 384 g/mol. The minimum atomic E-state index is -0.276. The van der Waals surface area contributed by atoms with Crippen molar-refractivity contribution >= 4 is 31.9 Å². The number of hydrogen-bond acceptors (Lipinski definition) is 2. The summed E-state index contributed by atoms with van der Waals surface area (Å²) in [7, 11) is 0. The van der Waals surface area contributed by atoms with E-state index < -0.39 is 0 Å². The molecule has 0 saturated carbocycles. The highest BCUT2D eigenvalue weighted by Crippen LogP contribution is 2.22. The first-order valence-electron chi connectivity index (χ1n) is 6.52. The molecule has 0 unspecified atom stereocenters. The highest BCUT2D eigenvalue weighted by atomic mass is 79.9. The van der Waals surface area contributed by atoms with Gasteiger partial charge in [-0.05, 0) is 55.0 Å². The highest BCUT2D eigenvalue weighted by Gasteiger charge is 2.11. The summed E-state index contributed by atoms with van der Waals surface area (Å²) in [6.07, 6.45) is 1.56. The molecule has 0 fully saturated rings. The van der Waals surface area contributed by atoms with Crippen LogP contribution in [-0.2, 0) is 0 Å². The third-order valence-electron chi connectivity index (χ3n) is 2.69. The maximum absolute atomic E-state index is 5.89. The van der Waals surface area contributed by atoms with Crippen molar-refractivity contribution in [3.63, 3.8) is 0 Å². The molecule has 2 rings (SSSR count). The molecule has 0 amide bonds. The number of hydrogen-bond donors (Lipinski definition) is 0. The molecule has 2 nitrogen and oxygen atoms in total. The molecule has 0 aliphatic carbocycles. The summed E-state index contributed by atoms with van der Waals surface area (Å²) in [6.45, 7) is 2.11. The molecule has 0 radical (unpaired) electrons. The van der Waals surface area contributed by atoms with Crippen molar-refractivity contribution in [2.75, 3.05) is 0 Å². The van der Waals surface area contributed by atoms with Gasteiger partial charge in [-0.15, -0.1) is 0 Å². The van der Waals surface area contributed by atoms with Crippen molar-refractivity contribution in [3.8, 4) is 11.5 Å². The second-order valence-corrected chi connectivity index (χ2v) is 6.19. The Kier molecular flexibility index (Phi) is 5.92. The van der Waals surface area contributed by atoms with Crippen LogP contribution in [0, 0.1) is 0 Å². The third-order valence-corrected chi connectivity index (χ3v) is 3.74. The molecule has 2 aromatic rings. The minimum Gasteiger partial charge on any atom is -0.455 e. The summed E-state index contributed by atoms with van der Waals surface area (Å²) in [4.78, 5) is 0. The van der Waals surface area contributed by atoms with Gasteiger partial charge in [0.1, 0.15) is 11.5 Å². The van der Waals surface area contributed by atoms with E-state index in [0.717, 1.165) is 33.3 Å². The Morgan fingerprint density at radius 1 is 0.800 bits per heavy atom. The Balaban J connectivity index is 2.02. The quantitative estimate of drug-likeness (QED) is 0.571. The Bertz CT molecular complexity index is 476. The lowest BCUT2D eigenvalue weighted by molar-refractivity contribution is -0.00105. The summed E-state index contributed by atoms with van der Waals surface area (Å²) in [5.74, 6) is 1.62. The van der Waals surface area contributed by atoms with Crippen LogP contribution in [0.3, 0.4) is 0 Å². The van der Waals surface area contributed by atoms with E-state index in [1.807, 2.05) is 48.5 Å². The zero-order valence-corrected chi connectivity index (χ0v) is 14.4. The average molecular weight is 400 g/mol. The van der Waals surface area contributed by atoms with Gasteiger partial charge in [0.15, 0.2) is 0 Å². The first-order valence-corrected chi connectivity index (χ1v) is 8.10. The van der Waals surface area contributed by atoms with E-state index in [2.05, 4.69) is 38.8 Å². The first-order chi connectivity index (χ1) is 9.67. The maximum atomic E-state index is 5.89. The lowest BCUT2D eigenvalue weighted by Gasteiger charge is -2.20. The van der Waals surface area contributed by atoms with Crippen LogP contribution in [0.2, 0.25) is 0 Å². The number of halogens is 2. The van der Waals surface area contributed by atoms with E-state index in [4.69, 9.17) is 9.47 Å². The van der Waals surface area contributed by atoms with Crippen molar-refractivity contribution in [1.82, 2.24) is 0 Å². The molecule has 0 bridgehead atoms. The SMILES string of the molecule is CCCC(Oc1ccc(Br)cc1)Oc1ccc(Br)cc1. The van der Waals surface area contributed by atoms with Crippen LogP contribution in [-0.4, -0.2) is 6.29 Å². The van der Waals surface area contributed by atoms with Crippen LogP contribution in [0.4, 0.5) is 0 Å². The van der Waals surface area contributed by atoms with Crippen molar-refractivity contribution in [2.24, 2.45) is 0 Å². The molecule has 106 valence electrons. The van der Waals surface area contributed by atoms with Crippen molar-refractivity contribution in [2.45, 2.75) is 26.1 Å². The fourth-order valence-corrected chi connectivity index (χ4v) is 2.24. The van der Waals surface area contributed by atoms with Crippen molar-refractivity contribution in [3.05, 3.63) is 57.5 Å². The van der Waals surface area contributed by atoms with Gasteiger partial charge in [-0.25, -0.2) is 0 Å². The van der Waals surface area contributed by atoms with Crippen LogP contribution in [0.15, 0.2) is 57.5 Å². The molecule has 4 heteroatoms. The maximum Gasteiger partial charge on any atom is 0.241 e. The number of rotatable bonds is 6. The number of benzene rings is 2. The summed E-state index contributed by atoms with van der Waals surface area (Å²) in [5, 5.41) is 0. The molecule has 20 heavy (non-hydrogen) atoms. The smallest absolute Gasteiger partial charge is 0.241 e. The summed E-state index contributed by atoms with van der Waals surface area (Å²) in [6, 6.07) is 15.5. The van der Waals surface area contributed by atoms with Crippen molar-refractivity contribution < 1.29 is 9.47 Å². The van der Waals surface area contributed by atoms with Gasteiger partial charge >= 0.3 is 0 Å². The van der Waals surface area contributed by atoms with E-state index in [0.29, 0.717) is 0 Å². The van der Waals surface area contributed by atoms with E-state index in [9.17, 15) is 0 Å². The first kappa shape index (κ1) is 15.4. The van der Waals surface area contributed by atoms with Gasteiger partial charge in [0.25, 0.3) is 0 Å². The molecule has 0 aliphatic heterocycles. The van der Waals surface area contributed by atoms with Gasteiger partial charge in [0, 0.05) is 15.4 Å². The molecule has 0 saturated heterocycles. The van der Waals surface area contributed by atoms with Gasteiger partial charge in [-0.2, -0.15) is 0 Å². The molecule has 0 heterocycles. The van der Waals surface area contributed by atoms with Crippen LogP contribution in [0.5, 0.6) is 11.5 Å². The van der Waals surface area contributed by atoms with Crippen molar-refractivity contribution in [1.29, 1.82) is 0 Å². The monoisotopic (exact) mass is 398 g/mol. The summed E-state index contributed by atoms with van der Waals surface area (Å²) in [5.41, 5.74) is 0. The standard InChI is InChI=1S/C16H16Br2O2/c1-2-3-16(19-14-8-4-12(17)5-9-14)20-15-10-6-13(18)7-11-15/h4-11,16H,2-3H2,1H3. The normalized spacial score (nSPS) is 10.6. The van der Waals surface area contributed by atoms with Crippen LogP contribution in [0.1, 0.15) is 19.8 Å². The summed E-state index contributed by atoms with van der Waals surface area (Å²) < 4.78 is 13.8. The van der Waals surface area contributed by atoms with E-state index in [-0.39, 0.29) is 6.29 Å². The fraction of sp³-hybridized carbons (Fsp3) is 0.250. The Morgan fingerprint density at radius 3 is 1.55 bits per heavy atom. The van der Waals surface area contributed by atoms with Gasteiger partial charge in [0.2, 0.25) is 6.29 Å². The predicted octanol–water partition coefficient (Wildman–Crippen LogP) is 5.80. The lowest BCUT2D eigenvalue weighted by atomic mass is 10.3. The predicted molar refractivity (Wildman–Crippen MR) is 88.2 cm³/mol. The van der Waals surface area contributed by atoms with E-state index in [1.165, 1.54) is 0 Å². The molecular formula is C16H16Br2O2. The second kappa shape index (κ2) is 7.70. The van der Waals surface area contributed by atoms with E-state index in [1.54, 1.807) is 0 Å². The average Bonchev–Trinajstić information content (AvgIpc) is 2.44. The van der Waals surface area contributed by atoms with Gasteiger partial charge in [-0.3, -0.25) is 0 Å². The zero-order valence-electron chi connectivity index (χ0n) is 11.2. The molecule has 0 aliphatic rings. The Hall–Kier alpha value is -1.00. The summed E-state index contributed by atoms with van der Waals surface area (Å²) >= 11 is 6.82. The third kappa shape index (κ3) is 4.84. The lowest BCUT2D eigenvalue weighted by Crippen LogP contribution is -2.23. The van der Waals surface area contributed by atoms with Crippen LogP contribution < -0.4 is 9.47 Å². The minimum absolute atomic E-state index is 0.276. The largest absolute Gasteiger partial charge is 0.455 e. The van der Waals surface area contributed by atoms with Crippen LogP contribution in [0.25, 0.3) is 0 Å². The fourth-order valence-electron chi connectivity index (χ4n) is 1.71. The highest BCUT2D eigenvalue weighted by molar-refractivity contribution is 9.10. The molecule has 2 aromatic carbocycles. The molecule has 0 atom stereocenters. The Labute approximate surface area is 136 Å². The second-order valence-electron chi connectivity index (χ2n) is 4.36. The zero-order chi connectivity index (χ0) is 14.4. The number of ether oxygens (including phenoxy) is 2. The van der Waals surface area contributed by atoms with E-state index >= 15 is 0 Å². The van der Waals surface area contributed by atoms with Gasteiger partial charge < -0.3 is 9.47 Å². The van der Waals surface area contributed by atoms with Gasteiger partial charge in [-0.1, -0.05) is 38.8 Å². The van der Waals surface area contributed by atoms with Gasteiger partial charge in [0.05, 0.1) is 0 Å².